The molecule has 0 atom stereocenters. The van der Waals surface area contributed by atoms with E-state index in [2.05, 4.69) is 93.6 Å². The van der Waals surface area contributed by atoms with E-state index in [0.29, 0.717) is 6.71 Å². The summed E-state index contributed by atoms with van der Waals surface area (Å²) < 4.78 is 0. The van der Waals surface area contributed by atoms with Crippen LogP contribution in [0.3, 0.4) is 0 Å². The Hall–Kier alpha value is -2.02. The van der Waals surface area contributed by atoms with Gasteiger partial charge in [-0.2, -0.15) is 0 Å². The molecule has 1 heteroatoms. The molecule has 0 aliphatic heterocycles. The van der Waals surface area contributed by atoms with Crippen molar-refractivity contribution in [2.75, 3.05) is 0 Å². The third-order valence-electron chi connectivity index (χ3n) is 4.44. The van der Waals surface area contributed by atoms with Crippen LogP contribution in [0.15, 0.2) is 71.7 Å². The van der Waals surface area contributed by atoms with Crippen molar-refractivity contribution in [3.8, 4) is 0 Å². The number of rotatable bonds is 7. The monoisotopic (exact) mass is 302 g/mol. The average molecular weight is 302 g/mol. The van der Waals surface area contributed by atoms with Gasteiger partial charge in [-0.15, -0.1) is 0 Å². The predicted molar refractivity (Wildman–Crippen MR) is 106 cm³/mol. The quantitative estimate of drug-likeness (QED) is 0.397. The molecule has 0 aliphatic rings. The fourth-order valence-corrected chi connectivity index (χ4v) is 3.07. The lowest BCUT2D eigenvalue weighted by Crippen LogP contribution is -2.15. The standard InChI is InChI=1S/C22H27B/c1-4-21(17-19-13-9-7-10-14-19)22(23(5-2)6-3)18-20-15-11-8-12-16-20/h7-18H,4-6H2,1-3H3. The highest BCUT2D eigenvalue weighted by molar-refractivity contribution is 6.68. The summed E-state index contributed by atoms with van der Waals surface area (Å²) >= 11 is 0. The van der Waals surface area contributed by atoms with E-state index in [9.17, 15) is 0 Å². The molecule has 0 amide bonds. The van der Waals surface area contributed by atoms with Gasteiger partial charge in [0.15, 0.2) is 6.71 Å². The van der Waals surface area contributed by atoms with E-state index in [0.717, 1.165) is 6.42 Å². The molecule has 23 heavy (non-hydrogen) atoms. The highest BCUT2D eigenvalue weighted by atomic mass is 14.0. The lowest BCUT2D eigenvalue weighted by atomic mass is 9.39. The van der Waals surface area contributed by atoms with Crippen molar-refractivity contribution in [3.63, 3.8) is 0 Å². The van der Waals surface area contributed by atoms with Crippen LogP contribution in [0, 0.1) is 0 Å². The van der Waals surface area contributed by atoms with Gasteiger partial charge in [0.1, 0.15) is 0 Å². The molecule has 2 aromatic carbocycles. The molecule has 0 heterocycles. The van der Waals surface area contributed by atoms with Gasteiger partial charge < -0.3 is 0 Å². The molecule has 0 fully saturated rings. The van der Waals surface area contributed by atoms with E-state index in [1.54, 1.807) is 0 Å². The molecule has 0 bridgehead atoms. The Kier molecular flexibility index (Phi) is 6.93. The Balaban J connectivity index is 2.46. The maximum Gasteiger partial charge on any atom is 0.175 e. The topological polar surface area (TPSA) is 0 Å². The molecule has 0 saturated heterocycles. The Morgan fingerprint density at radius 1 is 0.739 bits per heavy atom. The normalized spacial score (nSPS) is 12.3. The molecule has 0 aromatic heterocycles. The molecule has 0 unspecified atom stereocenters. The Bertz CT molecular complexity index is 634. The highest BCUT2D eigenvalue weighted by Gasteiger charge is 2.17. The molecule has 0 spiro atoms. The second-order valence-corrected chi connectivity index (χ2v) is 5.96. The molecule has 0 N–H and O–H groups in total. The van der Waals surface area contributed by atoms with Gasteiger partial charge >= 0.3 is 0 Å². The summed E-state index contributed by atoms with van der Waals surface area (Å²) in [6.45, 7) is 7.46. The predicted octanol–water partition coefficient (Wildman–Crippen LogP) is 6.64. The van der Waals surface area contributed by atoms with Gasteiger partial charge in [-0.25, -0.2) is 0 Å². The SMILES string of the molecule is CCB(CC)C(=Cc1ccccc1)C(=Cc1ccccc1)CC. The molecular weight excluding hydrogens is 275 g/mol. The Morgan fingerprint density at radius 2 is 1.22 bits per heavy atom. The third kappa shape index (κ3) is 4.99. The van der Waals surface area contributed by atoms with Crippen LogP contribution in [0.2, 0.25) is 12.6 Å². The van der Waals surface area contributed by atoms with E-state index in [1.165, 1.54) is 34.8 Å². The van der Waals surface area contributed by atoms with Crippen molar-refractivity contribution in [1.29, 1.82) is 0 Å². The van der Waals surface area contributed by atoms with E-state index >= 15 is 0 Å². The minimum atomic E-state index is 0.616. The zero-order chi connectivity index (χ0) is 16.5. The van der Waals surface area contributed by atoms with Crippen molar-refractivity contribution >= 4 is 18.9 Å². The fraction of sp³-hybridized carbons (Fsp3) is 0.273. The molecular formula is C22H27B. The van der Waals surface area contributed by atoms with Crippen LogP contribution in [0.1, 0.15) is 38.3 Å². The van der Waals surface area contributed by atoms with Gasteiger partial charge in [0.25, 0.3) is 0 Å². The zero-order valence-electron chi connectivity index (χ0n) is 14.6. The first-order valence-electron chi connectivity index (χ1n) is 8.81. The van der Waals surface area contributed by atoms with Crippen LogP contribution >= 0.6 is 0 Å². The maximum absolute atomic E-state index is 2.38. The van der Waals surface area contributed by atoms with Crippen molar-refractivity contribution in [1.82, 2.24) is 0 Å². The van der Waals surface area contributed by atoms with Gasteiger partial charge in [0, 0.05) is 0 Å². The van der Waals surface area contributed by atoms with Crippen molar-refractivity contribution in [2.24, 2.45) is 0 Å². The number of hydrogen-bond acceptors (Lipinski definition) is 0. The fourth-order valence-electron chi connectivity index (χ4n) is 3.07. The summed E-state index contributed by atoms with van der Waals surface area (Å²) in [5.74, 6) is 0. The maximum atomic E-state index is 2.38. The van der Waals surface area contributed by atoms with Gasteiger partial charge in [0.2, 0.25) is 0 Å². The Labute approximate surface area is 142 Å². The number of allylic oxidation sites excluding steroid dienone is 2. The van der Waals surface area contributed by atoms with E-state index in [-0.39, 0.29) is 0 Å². The summed E-state index contributed by atoms with van der Waals surface area (Å²) in [6.07, 6.45) is 8.16. The van der Waals surface area contributed by atoms with Crippen molar-refractivity contribution in [3.05, 3.63) is 82.8 Å². The molecule has 0 saturated carbocycles. The van der Waals surface area contributed by atoms with Gasteiger partial charge in [-0.1, -0.05) is 117 Å². The van der Waals surface area contributed by atoms with Gasteiger partial charge in [0.05, 0.1) is 0 Å². The lowest BCUT2D eigenvalue weighted by Gasteiger charge is -2.18. The average Bonchev–Trinajstić information content (AvgIpc) is 2.62. The molecule has 2 aromatic rings. The van der Waals surface area contributed by atoms with Crippen LogP contribution in [0.4, 0.5) is 0 Å². The summed E-state index contributed by atoms with van der Waals surface area (Å²) in [6, 6.07) is 21.3. The van der Waals surface area contributed by atoms with Crippen molar-refractivity contribution in [2.45, 2.75) is 39.8 Å². The van der Waals surface area contributed by atoms with Crippen LogP contribution in [0.25, 0.3) is 12.2 Å². The largest absolute Gasteiger partial charge is 0.175 e. The minimum absolute atomic E-state index is 0.616. The Morgan fingerprint density at radius 3 is 1.65 bits per heavy atom. The molecule has 0 radical (unpaired) electrons. The number of benzene rings is 2. The smallest absolute Gasteiger partial charge is 0.0764 e. The number of hydrogen-bond donors (Lipinski definition) is 0. The first-order chi connectivity index (χ1) is 11.3. The summed E-state index contributed by atoms with van der Waals surface area (Å²) in [7, 11) is 0. The van der Waals surface area contributed by atoms with Crippen LogP contribution in [-0.2, 0) is 0 Å². The summed E-state index contributed by atoms with van der Waals surface area (Å²) in [5.41, 5.74) is 5.53. The van der Waals surface area contributed by atoms with Crippen LogP contribution < -0.4 is 0 Å². The van der Waals surface area contributed by atoms with E-state index in [1.807, 2.05) is 0 Å². The lowest BCUT2D eigenvalue weighted by molar-refractivity contribution is 1.14. The zero-order valence-corrected chi connectivity index (χ0v) is 14.6. The summed E-state index contributed by atoms with van der Waals surface area (Å²) in [4.78, 5) is 0. The van der Waals surface area contributed by atoms with Gasteiger partial charge in [-0.05, 0) is 17.5 Å². The second kappa shape index (κ2) is 9.20. The first kappa shape index (κ1) is 17.3. The first-order valence-corrected chi connectivity index (χ1v) is 8.81. The van der Waals surface area contributed by atoms with Crippen molar-refractivity contribution < 1.29 is 0 Å². The van der Waals surface area contributed by atoms with E-state index < -0.39 is 0 Å². The summed E-state index contributed by atoms with van der Waals surface area (Å²) in [5, 5.41) is 0. The second-order valence-electron chi connectivity index (χ2n) is 5.96. The minimum Gasteiger partial charge on any atom is -0.0764 e. The molecule has 2 rings (SSSR count). The third-order valence-corrected chi connectivity index (χ3v) is 4.44. The molecule has 0 nitrogen and oxygen atoms in total. The molecule has 118 valence electrons. The molecule has 0 aliphatic carbocycles. The van der Waals surface area contributed by atoms with Crippen LogP contribution in [0.5, 0.6) is 0 Å². The van der Waals surface area contributed by atoms with Crippen LogP contribution in [-0.4, -0.2) is 6.71 Å². The van der Waals surface area contributed by atoms with Gasteiger partial charge in [-0.3, -0.25) is 0 Å². The highest BCUT2D eigenvalue weighted by Crippen LogP contribution is 2.26. The van der Waals surface area contributed by atoms with E-state index in [4.69, 9.17) is 0 Å².